The topological polar surface area (TPSA) is 56.0 Å². The van der Waals surface area contributed by atoms with Gasteiger partial charge in [-0.1, -0.05) is 152 Å². The molecule has 0 aliphatic heterocycles. The Morgan fingerprint density at radius 1 is 0.364 bits per heavy atom. The zero-order valence-corrected chi connectivity index (χ0v) is 29.6. The van der Waals surface area contributed by atoms with E-state index in [2.05, 4.69) is 168 Å². The van der Waals surface area contributed by atoms with E-state index in [0.717, 1.165) is 88.7 Å². The van der Waals surface area contributed by atoms with Crippen LogP contribution in [0.2, 0.25) is 0 Å². The number of benzene rings is 7. The lowest BCUT2D eigenvalue weighted by atomic mass is 9.98. The van der Waals surface area contributed by atoms with Crippen LogP contribution in [0.25, 0.3) is 105 Å². The van der Waals surface area contributed by atoms with E-state index in [1.165, 1.54) is 10.8 Å². The molecule has 0 saturated heterocycles. The van der Waals surface area contributed by atoms with Crippen LogP contribution in [0.3, 0.4) is 0 Å². The van der Waals surface area contributed by atoms with Gasteiger partial charge in [-0.05, 0) is 46.2 Å². The fourth-order valence-corrected chi connectivity index (χ4v) is 7.84. The lowest BCUT2D eigenvalue weighted by molar-refractivity contribution is 1.20. The Bertz CT molecular complexity index is 3240. The summed E-state index contributed by atoms with van der Waals surface area (Å²) in [6, 6.07) is 61.3. The van der Waals surface area contributed by atoms with Crippen molar-refractivity contribution < 1.29 is 0 Å². The van der Waals surface area contributed by atoms with E-state index in [1.807, 2.05) is 24.3 Å². The smallest absolute Gasteiger partial charge is 0.160 e. The summed E-state index contributed by atoms with van der Waals surface area (Å²) in [5, 5.41) is 6.71. The van der Waals surface area contributed by atoms with Crippen molar-refractivity contribution in [3.8, 4) is 56.3 Å². The summed E-state index contributed by atoms with van der Waals surface area (Å²) < 4.78 is 2.13. The van der Waals surface area contributed by atoms with Gasteiger partial charge in [0.25, 0.3) is 0 Å². The van der Waals surface area contributed by atoms with Crippen LogP contribution in [-0.4, -0.2) is 24.3 Å². The molecule has 5 heteroatoms. The van der Waals surface area contributed by atoms with Crippen LogP contribution < -0.4 is 0 Å². The fourth-order valence-electron chi connectivity index (χ4n) is 7.84. The first-order valence-corrected chi connectivity index (χ1v) is 18.5. The molecule has 0 radical (unpaired) electrons. The van der Waals surface area contributed by atoms with Crippen molar-refractivity contribution >= 4 is 49.0 Å². The zero-order chi connectivity index (χ0) is 36.3. The SMILES string of the molecule is c1ccc(-c2cn3ccc4c(-c5ccc(-c6ccc(-c7nc(-c8ccc9ccccc9c8)c8ccccc8n7)cc6)cc5)nc5ccccc5c4c3n2)cc1. The first-order chi connectivity index (χ1) is 27.2. The van der Waals surface area contributed by atoms with Crippen molar-refractivity contribution in [2.75, 3.05) is 0 Å². The predicted molar refractivity (Wildman–Crippen MR) is 226 cm³/mol. The normalized spacial score (nSPS) is 11.6. The van der Waals surface area contributed by atoms with Gasteiger partial charge in [-0.25, -0.2) is 19.9 Å². The second-order valence-electron chi connectivity index (χ2n) is 13.9. The van der Waals surface area contributed by atoms with E-state index in [4.69, 9.17) is 19.9 Å². The molecule has 0 fully saturated rings. The van der Waals surface area contributed by atoms with Crippen LogP contribution in [0.4, 0.5) is 0 Å². The van der Waals surface area contributed by atoms with Gasteiger partial charge in [-0.15, -0.1) is 0 Å². The molecule has 0 atom stereocenters. The van der Waals surface area contributed by atoms with Crippen molar-refractivity contribution in [1.82, 2.24) is 24.3 Å². The fraction of sp³-hybridized carbons (Fsp3) is 0. The van der Waals surface area contributed by atoms with E-state index < -0.39 is 0 Å². The summed E-state index contributed by atoms with van der Waals surface area (Å²) in [5.74, 6) is 0.709. The maximum atomic E-state index is 5.21. The van der Waals surface area contributed by atoms with Crippen LogP contribution in [-0.2, 0) is 0 Å². The minimum Gasteiger partial charge on any atom is -0.306 e. The lowest BCUT2D eigenvalue weighted by Crippen LogP contribution is -1.95. The minimum atomic E-state index is 0.709. The average Bonchev–Trinajstić information content (AvgIpc) is 3.71. The molecule has 0 spiro atoms. The molecular formula is C50H31N5. The van der Waals surface area contributed by atoms with Crippen molar-refractivity contribution in [1.29, 1.82) is 0 Å². The summed E-state index contributed by atoms with van der Waals surface area (Å²) in [6.07, 6.45) is 4.20. The highest BCUT2D eigenvalue weighted by atomic mass is 15.0. The summed E-state index contributed by atoms with van der Waals surface area (Å²) >= 11 is 0. The number of imidazole rings is 1. The Morgan fingerprint density at radius 3 is 1.75 bits per heavy atom. The highest BCUT2D eigenvalue weighted by molar-refractivity contribution is 6.16. The van der Waals surface area contributed by atoms with Gasteiger partial charge in [-0.3, -0.25) is 0 Å². The van der Waals surface area contributed by atoms with E-state index in [-0.39, 0.29) is 0 Å². The number of rotatable bonds is 5. The minimum absolute atomic E-state index is 0.709. The summed E-state index contributed by atoms with van der Waals surface area (Å²) in [4.78, 5) is 20.5. The Kier molecular flexibility index (Phi) is 7.10. The maximum absolute atomic E-state index is 5.21. The van der Waals surface area contributed by atoms with Gasteiger partial charge in [0, 0.05) is 56.2 Å². The van der Waals surface area contributed by atoms with Gasteiger partial charge in [0.1, 0.15) is 5.65 Å². The molecule has 0 bridgehead atoms. The van der Waals surface area contributed by atoms with Crippen LogP contribution >= 0.6 is 0 Å². The third kappa shape index (κ3) is 5.33. The standard InChI is InChI=1S/C50H31N5/c1-2-11-35(12-3-1)45-31-55-29-28-42-46(50(55)53-45)40-14-6-8-16-43(40)51-47(42)36-23-18-33(19-24-36)34-20-25-37(26-21-34)49-52-44-17-9-7-15-41(44)48(54-49)39-27-22-32-10-4-5-13-38(32)30-39/h1-31H. The molecule has 0 aliphatic carbocycles. The first-order valence-electron chi connectivity index (χ1n) is 18.5. The average molecular weight is 702 g/mol. The van der Waals surface area contributed by atoms with Crippen molar-refractivity contribution in [3.63, 3.8) is 0 Å². The Hall–Kier alpha value is -7.50. The Morgan fingerprint density at radius 2 is 0.964 bits per heavy atom. The zero-order valence-electron chi connectivity index (χ0n) is 29.6. The third-order valence-corrected chi connectivity index (χ3v) is 10.6. The monoisotopic (exact) mass is 701 g/mol. The highest BCUT2D eigenvalue weighted by Gasteiger charge is 2.17. The molecule has 0 aliphatic rings. The molecule has 0 N–H and O–H groups in total. The molecule has 0 unspecified atom stereocenters. The quantitative estimate of drug-likeness (QED) is 0.168. The lowest BCUT2D eigenvalue weighted by Gasteiger charge is -2.12. The third-order valence-electron chi connectivity index (χ3n) is 10.6. The van der Waals surface area contributed by atoms with Gasteiger partial charge in [0.2, 0.25) is 0 Å². The number of pyridine rings is 2. The van der Waals surface area contributed by atoms with Gasteiger partial charge >= 0.3 is 0 Å². The van der Waals surface area contributed by atoms with Crippen LogP contribution in [0, 0.1) is 0 Å². The Labute approximate surface area is 316 Å². The predicted octanol–water partition coefficient (Wildman–Crippen LogP) is 12.5. The highest BCUT2D eigenvalue weighted by Crippen LogP contribution is 2.37. The maximum Gasteiger partial charge on any atom is 0.160 e. The molecule has 7 aromatic carbocycles. The molecule has 4 aromatic heterocycles. The van der Waals surface area contributed by atoms with Crippen molar-refractivity contribution in [2.24, 2.45) is 0 Å². The van der Waals surface area contributed by atoms with E-state index in [0.29, 0.717) is 5.82 Å². The Balaban J connectivity index is 0.954. The molecule has 5 nitrogen and oxygen atoms in total. The first kappa shape index (κ1) is 31.1. The molecule has 0 saturated carbocycles. The number of hydrogen-bond acceptors (Lipinski definition) is 4. The molecule has 55 heavy (non-hydrogen) atoms. The van der Waals surface area contributed by atoms with Gasteiger partial charge in [0.05, 0.1) is 28.1 Å². The largest absolute Gasteiger partial charge is 0.306 e. The summed E-state index contributed by atoms with van der Waals surface area (Å²) in [7, 11) is 0. The summed E-state index contributed by atoms with van der Waals surface area (Å²) in [5.41, 5.74) is 12.1. The van der Waals surface area contributed by atoms with Crippen LogP contribution in [0.15, 0.2) is 188 Å². The van der Waals surface area contributed by atoms with Gasteiger partial charge in [-0.2, -0.15) is 0 Å². The van der Waals surface area contributed by atoms with Gasteiger partial charge in [0.15, 0.2) is 5.82 Å². The molecule has 11 rings (SSSR count). The second kappa shape index (κ2) is 12.6. The number of para-hydroxylation sites is 2. The van der Waals surface area contributed by atoms with E-state index >= 15 is 0 Å². The second-order valence-corrected chi connectivity index (χ2v) is 13.9. The van der Waals surface area contributed by atoms with Gasteiger partial charge < -0.3 is 4.40 Å². The number of hydrogen-bond donors (Lipinski definition) is 0. The molecule has 256 valence electrons. The molecule has 4 heterocycles. The number of nitrogens with zero attached hydrogens (tertiary/aromatic N) is 5. The molecular weight excluding hydrogens is 671 g/mol. The number of fused-ring (bicyclic) bond motifs is 7. The molecule has 0 amide bonds. The summed E-state index contributed by atoms with van der Waals surface area (Å²) in [6.45, 7) is 0. The van der Waals surface area contributed by atoms with Crippen LogP contribution in [0.1, 0.15) is 0 Å². The van der Waals surface area contributed by atoms with Crippen molar-refractivity contribution in [2.45, 2.75) is 0 Å². The van der Waals surface area contributed by atoms with Crippen LogP contribution in [0.5, 0.6) is 0 Å². The van der Waals surface area contributed by atoms with Crippen molar-refractivity contribution in [3.05, 3.63) is 188 Å². The van der Waals surface area contributed by atoms with E-state index in [9.17, 15) is 0 Å². The molecule has 11 aromatic rings. The number of aromatic nitrogens is 5. The van der Waals surface area contributed by atoms with E-state index in [1.54, 1.807) is 0 Å².